The van der Waals surface area contributed by atoms with E-state index in [1.54, 1.807) is 11.9 Å². The number of hydrogen-bond donors (Lipinski definition) is 2. The fourth-order valence-electron chi connectivity index (χ4n) is 5.89. The lowest BCUT2D eigenvalue weighted by atomic mass is 9.94. The van der Waals surface area contributed by atoms with Crippen LogP contribution in [0, 0.1) is 18.8 Å². The summed E-state index contributed by atoms with van der Waals surface area (Å²) >= 11 is 0.167. The number of likely N-dealkylation sites (N-methyl/N-ethyl adjacent to an activating group) is 1. The Bertz CT molecular complexity index is 1240. The van der Waals surface area contributed by atoms with Gasteiger partial charge in [-0.2, -0.15) is 9.19 Å². The molecule has 212 valence electrons. The van der Waals surface area contributed by atoms with Gasteiger partial charge in [0.2, 0.25) is 5.91 Å². The van der Waals surface area contributed by atoms with Gasteiger partial charge in [-0.15, -0.1) is 3.89 Å². The summed E-state index contributed by atoms with van der Waals surface area (Å²) in [5.74, 6) is 1.32. The first-order valence-electron chi connectivity index (χ1n) is 14.1. The Labute approximate surface area is 235 Å². The number of nitrogens with one attached hydrogen (secondary N) is 1. The first kappa shape index (κ1) is 28.1. The highest BCUT2D eigenvalue weighted by atomic mass is 32.2. The highest BCUT2D eigenvalue weighted by Crippen LogP contribution is 2.50. The summed E-state index contributed by atoms with van der Waals surface area (Å²) in [5.41, 5.74) is 6.93. The van der Waals surface area contributed by atoms with Gasteiger partial charge in [0.1, 0.15) is 5.69 Å². The fraction of sp³-hybridized carbons (Fsp3) is 0.586. The van der Waals surface area contributed by atoms with E-state index in [0.717, 1.165) is 78.2 Å². The monoisotopic (exact) mass is 557 g/mol. The predicted molar refractivity (Wildman–Crippen MR) is 154 cm³/mol. The van der Waals surface area contributed by atoms with Crippen molar-refractivity contribution < 1.29 is 18.5 Å². The zero-order chi connectivity index (χ0) is 27.7. The van der Waals surface area contributed by atoms with Gasteiger partial charge in [-0.1, -0.05) is 19.4 Å². The first-order valence-corrected chi connectivity index (χ1v) is 14.7. The summed E-state index contributed by atoms with van der Waals surface area (Å²) in [6.07, 6.45) is 6.96. The molecule has 2 aromatic rings. The van der Waals surface area contributed by atoms with Gasteiger partial charge in [-0.05, 0) is 74.6 Å². The second kappa shape index (κ2) is 12.0. The molecule has 2 heterocycles. The molecule has 2 aliphatic carbocycles. The topological polar surface area (TPSA) is 82.9 Å². The van der Waals surface area contributed by atoms with Crippen LogP contribution >= 0.6 is 12.3 Å². The molecule has 1 aliphatic heterocycles. The predicted octanol–water partition coefficient (Wildman–Crippen LogP) is 4.74. The summed E-state index contributed by atoms with van der Waals surface area (Å²) in [6.45, 7) is 8.59. The van der Waals surface area contributed by atoms with Crippen molar-refractivity contribution in [2.24, 2.45) is 11.8 Å². The van der Waals surface area contributed by atoms with Crippen molar-refractivity contribution in [1.82, 2.24) is 14.1 Å². The van der Waals surface area contributed by atoms with Crippen molar-refractivity contribution in [1.29, 1.82) is 0 Å². The van der Waals surface area contributed by atoms with Gasteiger partial charge in [-0.3, -0.25) is 9.69 Å². The third kappa shape index (κ3) is 5.75. The first-order chi connectivity index (χ1) is 18.9. The van der Waals surface area contributed by atoms with Crippen LogP contribution in [0.4, 0.5) is 15.3 Å². The SMILES string of the molecule is CCC/C=C(/Nc1cc(N(C)C(=O)C(C)N2CCOCC2)cc(CO)c1C)c1nn(SF)c2c1CC1CC1C2. The van der Waals surface area contributed by atoms with Crippen molar-refractivity contribution in [3.8, 4) is 0 Å². The lowest BCUT2D eigenvalue weighted by Crippen LogP contribution is -2.50. The molecule has 2 fully saturated rings. The number of hydrogen-bond acceptors (Lipinski definition) is 7. The van der Waals surface area contributed by atoms with Crippen molar-refractivity contribution in [3.05, 3.63) is 46.3 Å². The number of allylic oxidation sites excluding steroid dienone is 1. The Morgan fingerprint density at radius 2 is 2.08 bits per heavy atom. The molecule has 1 aromatic carbocycles. The number of fused-ring (bicyclic) bond motifs is 2. The fourth-order valence-corrected chi connectivity index (χ4v) is 6.27. The van der Waals surface area contributed by atoms with Crippen LogP contribution in [0.2, 0.25) is 0 Å². The van der Waals surface area contributed by atoms with E-state index in [9.17, 15) is 13.8 Å². The van der Waals surface area contributed by atoms with Crippen LogP contribution in [0.1, 0.15) is 61.2 Å². The van der Waals surface area contributed by atoms with Crippen LogP contribution in [0.15, 0.2) is 18.2 Å². The van der Waals surface area contributed by atoms with E-state index in [1.807, 2.05) is 26.0 Å². The molecule has 1 saturated carbocycles. The number of ether oxygens (including phenoxy) is 1. The van der Waals surface area contributed by atoms with Crippen LogP contribution in [0.5, 0.6) is 0 Å². The largest absolute Gasteiger partial charge is 0.392 e. The second-order valence-electron chi connectivity index (χ2n) is 11.1. The average molecular weight is 558 g/mol. The molecular weight excluding hydrogens is 517 g/mol. The number of amides is 1. The van der Waals surface area contributed by atoms with Crippen LogP contribution < -0.4 is 10.2 Å². The van der Waals surface area contributed by atoms with Crippen LogP contribution in [-0.2, 0) is 29.0 Å². The molecule has 10 heteroatoms. The lowest BCUT2D eigenvalue weighted by molar-refractivity contribution is -0.124. The molecule has 5 rings (SSSR count). The van der Waals surface area contributed by atoms with Gasteiger partial charge in [-0.25, -0.2) is 0 Å². The van der Waals surface area contributed by atoms with E-state index in [0.29, 0.717) is 30.7 Å². The van der Waals surface area contributed by atoms with Crippen molar-refractivity contribution >= 4 is 35.3 Å². The van der Waals surface area contributed by atoms with Crippen LogP contribution in [-0.4, -0.2) is 64.5 Å². The maximum atomic E-state index is 13.9. The van der Waals surface area contributed by atoms with Crippen LogP contribution in [0.25, 0.3) is 5.70 Å². The molecule has 1 amide bonds. The molecule has 1 aromatic heterocycles. The molecule has 0 spiro atoms. The van der Waals surface area contributed by atoms with Gasteiger partial charge in [0, 0.05) is 37.1 Å². The van der Waals surface area contributed by atoms with E-state index in [2.05, 4.69) is 23.2 Å². The van der Waals surface area contributed by atoms with Gasteiger partial charge < -0.3 is 20.1 Å². The van der Waals surface area contributed by atoms with Gasteiger partial charge in [0.25, 0.3) is 0 Å². The quantitative estimate of drug-likeness (QED) is 0.437. The molecule has 3 atom stereocenters. The zero-order valence-corrected chi connectivity index (χ0v) is 24.2. The number of benzene rings is 1. The number of anilines is 2. The van der Waals surface area contributed by atoms with E-state index in [1.165, 1.54) is 10.5 Å². The van der Waals surface area contributed by atoms with Crippen molar-refractivity contribution in [3.63, 3.8) is 0 Å². The molecular formula is C29H40FN5O3S. The molecule has 39 heavy (non-hydrogen) atoms. The van der Waals surface area contributed by atoms with Gasteiger partial charge in [0.05, 0.1) is 37.3 Å². The third-order valence-electron chi connectivity index (χ3n) is 8.61. The number of aliphatic hydroxyl groups excluding tert-OH is 1. The summed E-state index contributed by atoms with van der Waals surface area (Å²) in [4.78, 5) is 17.3. The van der Waals surface area contributed by atoms with Crippen molar-refractivity contribution in [2.45, 2.75) is 65.5 Å². The summed E-state index contributed by atoms with van der Waals surface area (Å²) in [7, 11) is 1.78. The number of rotatable bonds is 10. The average Bonchev–Trinajstić information content (AvgIpc) is 3.65. The number of aromatic nitrogens is 2. The minimum Gasteiger partial charge on any atom is -0.392 e. The van der Waals surface area contributed by atoms with Crippen LogP contribution in [0.3, 0.4) is 0 Å². The smallest absolute Gasteiger partial charge is 0.243 e. The number of unbranched alkanes of at least 4 members (excludes halogenated alkanes) is 1. The lowest BCUT2D eigenvalue weighted by Gasteiger charge is -2.34. The Morgan fingerprint density at radius 1 is 1.33 bits per heavy atom. The van der Waals surface area contributed by atoms with E-state index in [4.69, 9.17) is 9.84 Å². The Hall–Kier alpha value is -2.40. The minimum absolute atomic E-state index is 0.0101. The number of aliphatic hydroxyl groups is 1. The number of carbonyl (C=O) groups is 1. The molecule has 3 aliphatic rings. The third-order valence-corrected chi connectivity index (χ3v) is 9.05. The number of nitrogens with zero attached hydrogens (tertiary/aromatic N) is 4. The van der Waals surface area contributed by atoms with Crippen molar-refractivity contribution in [2.75, 3.05) is 43.6 Å². The zero-order valence-electron chi connectivity index (χ0n) is 23.4. The normalized spacial score (nSPS) is 21.7. The Kier molecular flexibility index (Phi) is 8.66. The van der Waals surface area contributed by atoms with Gasteiger partial charge in [0.15, 0.2) is 12.3 Å². The van der Waals surface area contributed by atoms with E-state index >= 15 is 0 Å². The maximum Gasteiger partial charge on any atom is 0.243 e. The van der Waals surface area contributed by atoms with Gasteiger partial charge >= 0.3 is 0 Å². The standard InChI is InChI=1S/C29H40FN5O3S/c1-5-6-7-25(28-24-14-20-12-21(20)15-27(24)35(32-28)39-30)31-26-16-23(13-22(17-36)18(26)2)33(4)29(37)19(3)34-8-10-38-11-9-34/h7,13,16,19-21,31,36H,5-6,8-12,14-15,17H2,1-4H3/b25-7+. The highest BCUT2D eigenvalue weighted by Gasteiger charge is 2.44. The number of carbonyl (C=O) groups excluding carboxylic acids is 1. The summed E-state index contributed by atoms with van der Waals surface area (Å²) < 4.78 is 20.8. The summed E-state index contributed by atoms with van der Waals surface area (Å²) in [6, 6.07) is 3.56. The minimum atomic E-state index is -0.283. The molecule has 0 radical (unpaired) electrons. The molecule has 1 saturated heterocycles. The Balaban J connectivity index is 1.47. The van der Waals surface area contributed by atoms with E-state index < -0.39 is 0 Å². The molecule has 0 bridgehead atoms. The Morgan fingerprint density at radius 3 is 2.77 bits per heavy atom. The molecule has 3 unspecified atom stereocenters. The number of morpholine rings is 1. The molecule has 2 N–H and O–H groups in total. The highest BCUT2D eigenvalue weighted by molar-refractivity contribution is 7.92. The summed E-state index contributed by atoms with van der Waals surface area (Å²) in [5, 5.41) is 18.5. The van der Waals surface area contributed by atoms with E-state index in [-0.39, 0.29) is 30.9 Å². The maximum absolute atomic E-state index is 13.9. The second-order valence-corrected chi connectivity index (χ2v) is 11.6. The molecule has 8 nitrogen and oxygen atoms in total. The number of halogens is 1.